The quantitative estimate of drug-likeness (QED) is 0.813. The van der Waals surface area contributed by atoms with Gasteiger partial charge in [-0.3, -0.25) is 0 Å². The van der Waals surface area contributed by atoms with Crippen LogP contribution in [0.4, 0.5) is 11.6 Å². The summed E-state index contributed by atoms with van der Waals surface area (Å²) in [4.78, 5) is 11.4. The zero-order valence-electron chi connectivity index (χ0n) is 12.4. The standard InChI is InChI=1S/C15H22N4S/c1-4-8-16-14-13(5-2)15(19-10-18-14)17-9-12-7-6-11(3)20-12/h6-7,10H,4-5,8-9H2,1-3H3,(H2,16,17,18,19). The van der Waals surface area contributed by atoms with Gasteiger partial charge in [0, 0.05) is 21.9 Å². The van der Waals surface area contributed by atoms with Crippen LogP contribution in [0.1, 0.15) is 35.6 Å². The Balaban J connectivity index is 2.10. The largest absolute Gasteiger partial charge is 0.370 e. The lowest BCUT2D eigenvalue weighted by atomic mass is 10.2. The maximum Gasteiger partial charge on any atom is 0.135 e. The zero-order valence-corrected chi connectivity index (χ0v) is 13.2. The van der Waals surface area contributed by atoms with Gasteiger partial charge in [-0.05, 0) is 31.9 Å². The summed E-state index contributed by atoms with van der Waals surface area (Å²) in [5, 5.41) is 6.80. The van der Waals surface area contributed by atoms with E-state index in [1.807, 2.05) is 11.3 Å². The van der Waals surface area contributed by atoms with E-state index in [9.17, 15) is 0 Å². The summed E-state index contributed by atoms with van der Waals surface area (Å²) in [5.41, 5.74) is 1.16. The Morgan fingerprint density at radius 2 is 1.85 bits per heavy atom. The molecule has 0 unspecified atom stereocenters. The summed E-state index contributed by atoms with van der Waals surface area (Å²) in [6.07, 6.45) is 3.63. The summed E-state index contributed by atoms with van der Waals surface area (Å²) in [5.74, 6) is 1.89. The minimum atomic E-state index is 0.815. The van der Waals surface area contributed by atoms with Gasteiger partial charge < -0.3 is 10.6 Å². The van der Waals surface area contributed by atoms with Gasteiger partial charge in [-0.15, -0.1) is 11.3 Å². The SMILES string of the molecule is CCCNc1ncnc(NCc2ccc(C)s2)c1CC. The molecular formula is C15H22N4S. The number of anilines is 2. The Morgan fingerprint density at radius 3 is 2.45 bits per heavy atom. The molecule has 5 heteroatoms. The van der Waals surface area contributed by atoms with Crippen LogP contribution in [-0.2, 0) is 13.0 Å². The lowest BCUT2D eigenvalue weighted by Gasteiger charge is -2.13. The highest BCUT2D eigenvalue weighted by molar-refractivity contribution is 7.11. The van der Waals surface area contributed by atoms with Crippen molar-refractivity contribution in [1.82, 2.24) is 9.97 Å². The predicted molar refractivity (Wildman–Crippen MR) is 86.6 cm³/mol. The molecule has 2 N–H and O–H groups in total. The third-order valence-corrected chi connectivity index (χ3v) is 4.07. The fourth-order valence-electron chi connectivity index (χ4n) is 2.05. The molecule has 0 aliphatic carbocycles. The summed E-state index contributed by atoms with van der Waals surface area (Å²) < 4.78 is 0. The molecule has 0 aromatic carbocycles. The van der Waals surface area contributed by atoms with Gasteiger partial charge in [-0.25, -0.2) is 9.97 Å². The van der Waals surface area contributed by atoms with Crippen LogP contribution in [0.3, 0.4) is 0 Å². The number of nitrogens with one attached hydrogen (secondary N) is 2. The molecule has 2 heterocycles. The van der Waals surface area contributed by atoms with E-state index in [-0.39, 0.29) is 0 Å². The van der Waals surface area contributed by atoms with E-state index < -0.39 is 0 Å². The molecule has 2 rings (SSSR count). The summed E-state index contributed by atoms with van der Waals surface area (Å²) in [7, 11) is 0. The third-order valence-electron chi connectivity index (χ3n) is 3.07. The normalized spacial score (nSPS) is 10.6. The van der Waals surface area contributed by atoms with E-state index in [1.54, 1.807) is 6.33 Å². The molecule has 4 nitrogen and oxygen atoms in total. The van der Waals surface area contributed by atoms with Crippen LogP contribution in [0.15, 0.2) is 18.5 Å². The minimum Gasteiger partial charge on any atom is -0.370 e. The fraction of sp³-hybridized carbons (Fsp3) is 0.467. The second kappa shape index (κ2) is 7.24. The molecule has 0 saturated heterocycles. The number of hydrogen-bond acceptors (Lipinski definition) is 5. The molecule has 0 fully saturated rings. The molecule has 0 atom stereocenters. The van der Waals surface area contributed by atoms with Crippen LogP contribution in [0.2, 0.25) is 0 Å². The molecule has 0 aliphatic rings. The van der Waals surface area contributed by atoms with Crippen molar-refractivity contribution in [2.45, 2.75) is 40.2 Å². The van der Waals surface area contributed by atoms with Gasteiger partial charge in [-0.2, -0.15) is 0 Å². The highest BCUT2D eigenvalue weighted by atomic mass is 32.1. The lowest BCUT2D eigenvalue weighted by Crippen LogP contribution is -2.10. The molecular weight excluding hydrogens is 268 g/mol. The van der Waals surface area contributed by atoms with E-state index >= 15 is 0 Å². The number of hydrogen-bond donors (Lipinski definition) is 2. The smallest absolute Gasteiger partial charge is 0.135 e. The van der Waals surface area contributed by atoms with Crippen molar-refractivity contribution in [2.24, 2.45) is 0 Å². The van der Waals surface area contributed by atoms with E-state index in [2.05, 4.69) is 53.5 Å². The van der Waals surface area contributed by atoms with E-state index in [4.69, 9.17) is 0 Å². The number of aromatic nitrogens is 2. The van der Waals surface area contributed by atoms with Gasteiger partial charge in [0.15, 0.2) is 0 Å². The highest BCUT2D eigenvalue weighted by Gasteiger charge is 2.09. The van der Waals surface area contributed by atoms with Gasteiger partial charge in [-0.1, -0.05) is 13.8 Å². The van der Waals surface area contributed by atoms with Crippen LogP contribution in [-0.4, -0.2) is 16.5 Å². The molecule has 0 bridgehead atoms. The second-order valence-electron chi connectivity index (χ2n) is 4.70. The first-order valence-electron chi connectivity index (χ1n) is 7.11. The maximum atomic E-state index is 4.38. The van der Waals surface area contributed by atoms with Gasteiger partial charge >= 0.3 is 0 Å². The Labute approximate surface area is 124 Å². The molecule has 2 aromatic rings. The van der Waals surface area contributed by atoms with E-state index in [1.165, 1.54) is 9.75 Å². The molecule has 2 aromatic heterocycles. The average Bonchev–Trinajstić information content (AvgIpc) is 2.88. The van der Waals surface area contributed by atoms with Gasteiger partial charge in [0.1, 0.15) is 18.0 Å². The number of aryl methyl sites for hydroxylation is 1. The summed E-state index contributed by atoms with van der Waals surface area (Å²) in [6.45, 7) is 8.17. The third kappa shape index (κ3) is 3.70. The van der Waals surface area contributed by atoms with Crippen LogP contribution in [0.5, 0.6) is 0 Å². The number of thiophene rings is 1. The van der Waals surface area contributed by atoms with Crippen molar-refractivity contribution in [3.05, 3.63) is 33.8 Å². The van der Waals surface area contributed by atoms with Crippen molar-refractivity contribution in [2.75, 3.05) is 17.2 Å². The van der Waals surface area contributed by atoms with Gasteiger partial charge in [0.05, 0.1) is 6.54 Å². The molecule has 0 saturated carbocycles. The molecule has 0 spiro atoms. The van der Waals surface area contributed by atoms with Gasteiger partial charge in [0.2, 0.25) is 0 Å². The van der Waals surface area contributed by atoms with E-state index in [0.29, 0.717) is 0 Å². The molecule has 108 valence electrons. The predicted octanol–water partition coefficient (Wildman–Crippen LogP) is 3.84. The number of nitrogens with zero attached hydrogens (tertiary/aromatic N) is 2. The first-order valence-corrected chi connectivity index (χ1v) is 7.93. The molecule has 0 radical (unpaired) electrons. The Hall–Kier alpha value is -1.62. The van der Waals surface area contributed by atoms with Crippen LogP contribution in [0, 0.1) is 6.92 Å². The molecule has 0 amide bonds. The average molecular weight is 290 g/mol. The number of rotatable bonds is 7. The lowest BCUT2D eigenvalue weighted by molar-refractivity contribution is 0.945. The van der Waals surface area contributed by atoms with Crippen LogP contribution < -0.4 is 10.6 Å². The highest BCUT2D eigenvalue weighted by Crippen LogP contribution is 2.22. The van der Waals surface area contributed by atoms with Crippen molar-refractivity contribution in [3.8, 4) is 0 Å². The fourth-order valence-corrected chi connectivity index (χ4v) is 2.88. The van der Waals surface area contributed by atoms with Crippen molar-refractivity contribution in [3.63, 3.8) is 0 Å². The van der Waals surface area contributed by atoms with Crippen molar-refractivity contribution in [1.29, 1.82) is 0 Å². The van der Waals surface area contributed by atoms with Crippen LogP contribution in [0.25, 0.3) is 0 Å². The Morgan fingerprint density at radius 1 is 1.10 bits per heavy atom. The summed E-state index contributed by atoms with van der Waals surface area (Å²) >= 11 is 1.82. The Bertz CT molecular complexity index is 551. The second-order valence-corrected chi connectivity index (χ2v) is 6.07. The summed E-state index contributed by atoms with van der Waals surface area (Å²) in [6, 6.07) is 4.31. The van der Waals surface area contributed by atoms with Crippen molar-refractivity contribution < 1.29 is 0 Å². The maximum absolute atomic E-state index is 4.38. The molecule has 0 aliphatic heterocycles. The van der Waals surface area contributed by atoms with Crippen molar-refractivity contribution >= 4 is 23.0 Å². The van der Waals surface area contributed by atoms with Crippen LogP contribution >= 0.6 is 11.3 Å². The topological polar surface area (TPSA) is 49.8 Å². The minimum absolute atomic E-state index is 0.815. The Kier molecular flexibility index (Phi) is 5.35. The molecule has 20 heavy (non-hydrogen) atoms. The zero-order chi connectivity index (χ0) is 14.4. The van der Waals surface area contributed by atoms with E-state index in [0.717, 1.165) is 43.1 Å². The first kappa shape index (κ1) is 14.8. The monoisotopic (exact) mass is 290 g/mol. The van der Waals surface area contributed by atoms with Gasteiger partial charge in [0.25, 0.3) is 0 Å². The first-order chi connectivity index (χ1) is 9.74.